The molecule has 0 amide bonds. The second kappa shape index (κ2) is 7.00. The maximum Gasteiger partial charge on any atom is 0.263 e. The molecule has 10 heteroatoms. The summed E-state index contributed by atoms with van der Waals surface area (Å²) in [5, 5.41) is 17.1. The molecular formula is C20H22F2N4O3S. The number of hydrogen-bond donors (Lipinski definition) is 3. The van der Waals surface area contributed by atoms with E-state index in [1.54, 1.807) is 19.1 Å². The number of halogens is 2. The van der Waals surface area contributed by atoms with Gasteiger partial charge in [0.15, 0.2) is 5.82 Å². The molecule has 1 aromatic heterocycles. The van der Waals surface area contributed by atoms with Crippen LogP contribution in [0.1, 0.15) is 17.5 Å². The van der Waals surface area contributed by atoms with Crippen LogP contribution in [0.15, 0.2) is 35.2 Å². The molecule has 1 fully saturated rings. The number of nitrogen functional groups attached to an aromatic ring is 1. The van der Waals surface area contributed by atoms with Crippen LogP contribution in [0.5, 0.6) is 0 Å². The molecule has 4 N–H and O–H groups in total. The first-order chi connectivity index (χ1) is 14.0. The summed E-state index contributed by atoms with van der Waals surface area (Å²) in [5.74, 6) is -2.78. The summed E-state index contributed by atoms with van der Waals surface area (Å²) < 4.78 is 54.4. The quantitative estimate of drug-likeness (QED) is 0.582. The van der Waals surface area contributed by atoms with Gasteiger partial charge in [0, 0.05) is 11.8 Å². The van der Waals surface area contributed by atoms with E-state index >= 15 is 0 Å². The predicted molar refractivity (Wildman–Crippen MR) is 110 cm³/mol. The van der Waals surface area contributed by atoms with Crippen LogP contribution in [-0.2, 0) is 10.0 Å². The lowest BCUT2D eigenvalue weighted by molar-refractivity contribution is 0.0161. The number of aliphatic hydroxyl groups is 1. The number of nitrogens with two attached hydrogens (primary N) is 1. The highest BCUT2D eigenvalue weighted by atomic mass is 32.2. The van der Waals surface area contributed by atoms with Crippen molar-refractivity contribution in [2.24, 2.45) is 0 Å². The Kier molecular flexibility index (Phi) is 4.83. The largest absolute Gasteiger partial charge is 0.395 e. The average molecular weight is 436 g/mol. The normalized spacial score (nSPS) is 19.6. The van der Waals surface area contributed by atoms with Crippen LogP contribution in [0.3, 0.4) is 0 Å². The molecular weight excluding hydrogens is 414 g/mol. The van der Waals surface area contributed by atoms with E-state index in [2.05, 4.69) is 10.2 Å². The average Bonchev–Trinajstić information content (AvgIpc) is 3.21. The minimum atomic E-state index is -4.18. The number of hydrogen-bond acceptors (Lipinski definition) is 5. The van der Waals surface area contributed by atoms with Crippen LogP contribution in [-0.4, -0.2) is 53.1 Å². The molecule has 1 unspecified atom stereocenters. The van der Waals surface area contributed by atoms with Crippen LogP contribution in [0.25, 0.3) is 22.0 Å². The first-order valence-electron chi connectivity index (χ1n) is 9.40. The number of sulfonamides is 1. The first-order valence-corrected chi connectivity index (χ1v) is 10.8. The minimum Gasteiger partial charge on any atom is -0.395 e. The molecule has 0 spiro atoms. The molecule has 2 heterocycles. The topological polar surface area (TPSA) is 112 Å². The third-order valence-corrected chi connectivity index (χ3v) is 7.69. The third-order valence-electron chi connectivity index (χ3n) is 5.63. The number of aliphatic hydroxyl groups excluding tert-OH is 1. The smallest absolute Gasteiger partial charge is 0.263 e. The fourth-order valence-electron chi connectivity index (χ4n) is 4.16. The number of alkyl halides is 2. The summed E-state index contributed by atoms with van der Waals surface area (Å²) in [6.45, 7) is 1.94. The SMILES string of the molecule is Cc1cc(-c2ccc3[nH]nc(N)c3c2C)ccc1S(=O)(=O)N1CC(F)(F)CC1CO. The number of rotatable bonds is 4. The highest BCUT2D eigenvalue weighted by molar-refractivity contribution is 7.89. The second-order valence-electron chi connectivity index (χ2n) is 7.70. The highest BCUT2D eigenvalue weighted by Gasteiger charge is 2.50. The number of benzene rings is 2. The van der Waals surface area contributed by atoms with Crippen molar-refractivity contribution in [2.45, 2.75) is 37.1 Å². The van der Waals surface area contributed by atoms with Gasteiger partial charge in [0.2, 0.25) is 10.0 Å². The van der Waals surface area contributed by atoms with Crippen LogP contribution in [0, 0.1) is 13.8 Å². The van der Waals surface area contributed by atoms with E-state index in [0.717, 1.165) is 27.6 Å². The lowest BCUT2D eigenvalue weighted by Crippen LogP contribution is -2.38. The summed E-state index contributed by atoms with van der Waals surface area (Å²) in [7, 11) is -4.18. The summed E-state index contributed by atoms with van der Waals surface area (Å²) in [6.07, 6.45) is -0.689. The van der Waals surface area contributed by atoms with Crippen molar-refractivity contribution in [3.8, 4) is 11.1 Å². The number of nitrogens with one attached hydrogen (secondary N) is 1. The maximum atomic E-state index is 13.8. The van der Waals surface area contributed by atoms with Crippen molar-refractivity contribution in [2.75, 3.05) is 18.9 Å². The molecule has 0 radical (unpaired) electrons. The van der Waals surface area contributed by atoms with Gasteiger partial charge in [-0.25, -0.2) is 17.2 Å². The number of H-pyrrole nitrogens is 1. The Hall–Kier alpha value is -2.56. The maximum absolute atomic E-state index is 13.8. The first kappa shape index (κ1) is 20.7. The predicted octanol–water partition coefficient (Wildman–Crippen LogP) is 2.82. The fourth-order valence-corrected chi connectivity index (χ4v) is 6.01. The molecule has 1 atom stereocenters. The van der Waals surface area contributed by atoms with E-state index in [4.69, 9.17) is 5.73 Å². The van der Waals surface area contributed by atoms with Crippen LogP contribution < -0.4 is 5.73 Å². The number of nitrogens with zero attached hydrogens (tertiary/aromatic N) is 2. The highest BCUT2D eigenvalue weighted by Crippen LogP contribution is 2.38. The van der Waals surface area contributed by atoms with Crippen molar-refractivity contribution < 1.29 is 22.3 Å². The Morgan fingerprint density at radius 1 is 1.30 bits per heavy atom. The van der Waals surface area contributed by atoms with Gasteiger partial charge >= 0.3 is 0 Å². The number of aromatic amines is 1. The Morgan fingerprint density at radius 2 is 2.03 bits per heavy atom. The molecule has 1 aliphatic rings. The number of aryl methyl sites for hydroxylation is 2. The van der Waals surface area contributed by atoms with E-state index in [1.165, 1.54) is 6.07 Å². The lowest BCUT2D eigenvalue weighted by atomic mass is 9.96. The molecule has 7 nitrogen and oxygen atoms in total. The molecule has 160 valence electrons. The van der Waals surface area contributed by atoms with Gasteiger partial charge < -0.3 is 10.8 Å². The zero-order chi connectivity index (χ0) is 21.8. The summed E-state index contributed by atoms with van der Waals surface area (Å²) in [6, 6.07) is 7.37. The van der Waals surface area contributed by atoms with Gasteiger partial charge in [-0.05, 0) is 48.2 Å². The van der Waals surface area contributed by atoms with E-state index in [9.17, 15) is 22.3 Å². The molecule has 4 rings (SSSR count). The third kappa shape index (κ3) is 3.24. The molecule has 0 bridgehead atoms. The Balaban J connectivity index is 1.76. The Bertz CT molecular complexity index is 1240. The standard InChI is InChI=1S/C20H22F2N4O3S/c1-11-7-13(15-4-5-16-18(12(15)2)19(23)25-24-16)3-6-17(11)30(28,29)26-10-20(21,22)8-14(26)9-27/h3-7,14,27H,8-10H2,1-2H3,(H3,23,24,25). The number of anilines is 1. The summed E-state index contributed by atoms with van der Waals surface area (Å²) in [4.78, 5) is -0.0519. The summed E-state index contributed by atoms with van der Waals surface area (Å²) in [5.41, 5.74) is 9.71. The molecule has 30 heavy (non-hydrogen) atoms. The lowest BCUT2D eigenvalue weighted by Gasteiger charge is -2.23. The van der Waals surface area contributed by atoms with Crippen molar-refractivity contribution in [3.05, 3.63) is 41.5 Å². The van der Waals surface area contributed by atoms with E-state index < -0.39 is 41.6 Å². The monoisotopic (exact) mass is 436 g/mol. The number of aromatic nitrogens is 2. The van der Waals surface area contributed by atoms with E-state index in [1.807, 2.05) is 19.1 Å². The summed E-state index contributed by atoms with van der Waals surface area (Å²) >= 11 is 0. The van der Waals surface area contributed by atoms with Crippen molar-refractivity contribution in [3.63, 3.8) is 0 Å². The van der Waals surface area contributed by atoms with E-state index in [-0.39, 0.29) is 4.90 Å². The van der Waals surface area contributed by atoms with Gasteiger partial charge in [-0.1, -0.05) is 18.2 Å². The van der Waals surface area contributed by atoms with Gasteiger partial charge in [0.25, 0.3) is 5.92 Å². The van der Waals surface area contributed by atoms with Gasteiger partial charge in [-0.3, -0.25) is 5.10 Å². The van der Waals surface area contributed by atoms with Crippen molar-refractivity contribution >= 4 is 26.7 Å². The Labute approximate surface area is 172 Å². The number of fused-ring (bicyclic) bond motifs is 1. The van der Waals surface area contributed by atoms with E-state index in [0.29, 0.717) is 15.7 Å². The van der Waals surface area contributed by atoms with Crippen LogP contribution >= 0.6 is 0 Å². The van der Waals surface area contributed by atoms with Crippen LogP contribution in [0.2, 0.25) is 0 Å². The molecule has 1 aliphatic heterocycles. The van der Waals surface area contributed by atoms with Gasteiger partial charge in [-0.15, -0.1) is 0 Å². The fraction of sp³-hybridized carbons (Fsp3) is 0.350. The Morgan fingerprint density at radius 3 is 2.70 bits per heavy atom. The minimum absolute atomic E-state index is 0.0519. The van der Waals surface area contributed by atoms with Crippen LogP contribution in [0.4, 0.5) is 14.6 Å². The van der Waals surface area contributed by atoms with Crippen molar-refractivity contribution in [1.82, 2.24) is 14.5 Å². The molecule has 0 saturated carbocycles. The zero-order valence-electron chi connectivity index (χ0n) is 16.5. The van der Waals surface area contributed by atoms with Gasteiger partial charge in [0.1, 0.15) is 0 Å². The van der Waals surface area contributed by atoms with Crippen molar-refractivity contribution in [1.29, 1.82) is 0 Å². The molecule has 3 aromatic rings. The molecule has 2 aromatic carbocycles. The molecule has 0 aliphatic carbocycles. The molecule has 1 saturated heterocycles. The zero-order valence-corrected chi connectivity index (χ0v) is 17.3. The van der Waals surface area contributed by atoms with Gasteiger partial charge in [0.05, 0.1) is 29.6 Å². The second-order valence-corrected chi connectivity index (χ2v) is 9.56. The van der Waals surface area contributed by atoms with Gasteiger partial charge in [-0.2, -0.15) is 9.40 Å².